The van der Waals surface area contributed by atoms with Gasteiger partial charge in [0.25, 0.3) is 0 Å². The summed E-state index contributed by atoms with van der Waals surface area (Å²) in [5.74, 6) is 0. The van der Waals surface area contributed by atoms with Crippen LogP contribution < -0.4 is 10.2 Å². The first-order valence-corrected chi connectivity index (χ1v) is 7.32. The van der Waals surface area contributed by atoms with Gasteiger partial charge in [-0.1, -0.05) is 12.1 Å². The Balaban J connectivity index is 1.69. The van der Waals surface area contributed by atoms with Crippen molar-refractivity contribution in [3.05, 3.63) is 29.3 Å². The quantitative estimate of drug-likeness (QED) is 0.764. The highest BCUT2D eigenvalue weighted by Crippen LogP contribution is 2.27. The third kappa shape index (κ3) is 4.22. The molecule has 1 aromatic rings. The minimum Gasteiger partial charge on any atom is -0.379 e. The maximum absolute atomic E-state index is 5.52. The van der Waals surface area contributed by atoms with Crippen LogP contribution in [0.5, 0.6) is 0 Å². The Kier molecular flexibility index (Phi) is 5.23. The highest BCUT2D eigenvalue weighted by molar-refractivity contribution is 5.58. The van der Waals surface area contributed by atoms with Gasteiger partial charge in [0.05, 0.1) is 6.10 Å². The minimum atomic E-state index is 0.341. The highest BCUT2D eigenvalue weighted by Gasteiger charge is 2.15. The average molecular weight is 262 g/mol. The lowest BCUT2D eigenvalue weighted by atomic mass is 10.1. The summed E-state index contributed by atoms with van der Waals surface area (Å²) in [5.41, 5.74) is 4.28. The molecule has 0 amide bonds. The first-order chi connectivity index (χ1) is 9.16. The summed E-state index contributed by atoms with van der Waals surface area (Å²) in [6.45, 7) is 8.13. The molecule has 0 atom stereocenters. The second kappa shape index (κ2) is 6.92. The molecule has 0 bridgehead atoms. The zero-order chi connectivity index (χ0) is 13.7. The number of benzene rings is 1. The number of nitrogens with one attached hydrogen (secondary N) is 1. The van der Waals surface area contributed by atoms with Gasteiger partial charge in [0, 0.05) is 32.4 Å². The van der Waals surface area contributed by atoms with Crippen molar-refractivity contribution in [3.8, 4) is 0 Å². The van der Waals surface area contributed by atoms with E-state index in [2.05, 4.69) is 49.3 Å². The molecule has 3 nitrogen and oxygen atoms in total. The Labute approximate surface area is 116 Å². The Hall–Kier alpha value is -1.06. The summed E-state index contributed by atoms with van der Waals surface area (Å²) in [6, 6.07) is 6.83. The highest BCUT2D eigenvalue weighted by atomic mass is 16.5. The van der Waals surface area contributed by atoms with Gasteiger partial charge in [0.1, 0.15) is 0 Å². The van der Waals surface area contributed by atoms with Gasteiger partial charge in [0.2, 0.25) is 0 Å². The monoisotopic (exact) mass is 262 g/mol. The van der Waals surface area contributed by atoms with Crippen LogP contribution in [-0.2, 0) is 17.7 Å². The lowest BCUT2D eigenvalue weighted by Gasteiger charge is -2.12. The van der Waals surface area contributed by atoms with Crippen molar-refractivity contribution in [2.24, 2.45) is 0 Å². The van der Waals surface area contributed by atoms with Crippen molar-refractivity contribution in [2.75, 3.05) is 31.6 Å². The predicted octanol–water partition coefficient (Wildman–Crippen LogP) is 2.58. The van der Waals surface area contributed by atoms with Crippen LogP contribution in [0.25, 0.3) is 0 Å². The molecule has 1 N–H and O–H groups in total. The minimum absolute atomic E-state index is 0.341. The molecule has 0 saturated carbocycles. The molecule has 1 heterocycles. The molecule has 0 fully saturated rings. The number of hydrogen-bond donors (Lipinski definition) is 1. The van der Waals surface area contributed by atoms with Crippen molar-refractivity contribution < 1.29 is 4.74 Å². The maximum atomic E-state index is 5.52. The van der Waals surface area contributed by atoms with Crippen LogP contribution in [0, 0.1) is 0 Å². The molecule has 1 aliphatic heterocycles. The van der Waals surface area contributed by atoms with Crippen LogP contribution in [0.3, 0.4) is 0 Å². The molecule has 1 aromatic carbocycles. The fraction of sp³-hybridized carbons (Fsp3) is 0.625. The van der Waals surface area contributed by atoms with Gasteiger partial charge in [-0.2, -0.15) is 0 Å². The van der Waals surface area contributed by atoms with E-state index in [1.807, 2.05) is 0 Å². The zero-order valence-electron chi connectivity index (χ0n) is 12.4. The molecule has 19 heavy (non-hydrogen) atoms. The second-order valence-electron chi connectivity index (χ2n) is 5.58. The Morgan fingerprint density at radius 2 is 2.21 bits per heavy atom. The van der Waals surface area contributed by atoms with E-state index in [-0.39, 0.29) is 0 Å². The fourth-order valence-electron chi connectivity index (χ4n) is 2.48. The molecule has 0 radical (unpaired) electrons. The van der Waals surface area contributed by atoms with Gasteiger partial charge in [-0.25, -0.2) is 0 Å². The van der Waals surface area contributed by atoms with Crippen molar-refractivity contribution in [1.29, 1.82) is 0 Å². The number of anilines is 1. The second-order valence-corrected chi connectivity index (χ2v) is 5.58. The molecule has 0 aromatic heterocycles. The van der Waals surface area contributed by atoms with E-state index in [1.165, 1.54) is 23.2 Å². The molecule has 0 unspecified atom stereocenters. The van der Waals surface area contributed by atoms with E-state index in [0.29, 0.717) is 6.10 Å². The smallest absolute Gasteiger partial charge is 0.0518 e. The number of rotatable bonds is 7. The SMILES string of the molecule is CC(C)OCCCNCc1ccc2c(c1)CCN2C. The number of hydrogen-bond acceptors (Lipinski definition) is 3. The number of nitrogens with zero attached hydrogens (tertiary/aromatic N) is 1. The lowest BCUT2D eigenvalue weighted by Crippen LogP contribution is -2.17. The molecule has 3 heteroatoms. The van der Waals surface area contributed by atoms with Crippen molar-refractivity contribution in [2.45, 2.75) is 39.3 Å². The summed E-state index contributed by atoms with van der Waals surface area (Å²) >= 11 is 0. The standard InChI is InChI=1S/C16H26N2O/c1-13(2)19-10-4-8-17-12-14-5-6-16-15(11-14)7-9-18(16)3/h5-6,11,13,17H,4,7-10,12H2,1-3H3. The van der Waals surface area contributed by atoms with E-state index < -0.39 is 0 Å². The van der Waals surface area contributed by atoms with Gasteiger partial charge in [-0.05, 0) is 50.4 Å². The molecular weight excluding hydrogens is 236 g/mol. The summed E-state index contributed by atoms with van der Waals surface area (Å²) in [7, 11) is 2.17. The molecule has 1 aliphatic rings. The predicted molar refractivity (Wildman–Crippen MR) is 80.8 cm³/mol. The van der Waals surface area contributed by atoms with Crippen LogP contribution in [0.4, 0.5) is 5.69 Å². The van der Waals surface area contributed by atoms with Crippen molar-refractivity contribution >= 4 is 5.69 Å². The van der Waals surface area contributed by atoms with E-state index in [4.69, 9.17) is 4.74 Å². The van der Waals surface area contributed by atoms with Gasteiger partial charge in [-0.3, -0.25) is 0 Å². The molecule has 0 saturated heterocycles. The van der Waals surface area contributed by atoms with Gasteiger partial charge in [0.15, 0.2) is 0 Å². The summed E-state index contributed by atoms with van der Waals surface area (Å²) < 4.78 is 5.52. The number of ether oxygens (including phenoxy) is 1. The van der Waals surface area contributed by atoms with Gasteiger partial charge >= 0.3 is 0 Å². The number of likely N-dealkylation sites (N-methyl/N-ethyl adjacent to an activating group) is 1. The van der Waals surface area contributed by atoms with Gasteiger partial charge in [-0.15, -0.1) is 0 Å². The average Bonchev–Trinajstić information content (AvgIpc) is 2.75. The topological polar surface area (TPSA) is 24.5 Å². The van der Waals surface area contributed by atoms with Crippen LogP contribution in [-0.4, -0.2) is 32.8 Å². The molecule has 0 spiro atoms. The molecular formula is C16H26N2O. The summed E-state index contributed by atoms with van der Waals surface area (Å²) in [4.78, 5) is 2.33. The molecule has 0 aliphatic carbocycles. The van der Waals surface area contributed by atoms with E-state index in [9.17, 15) is 0 Å². The Bertz CT molecular complexity index is 404. The number of fused-ring (bicyclic) bond motifs is 1. The van der Waals surface area contributed by atoms with Crippen molar-refractivity contribution in [1.82, 2.24) is 5.32 Å². The van der Waals surface area contributed by atoms with E-state index in [0.717, 1.165) is 32.7 Å². The van der Waals surface area contributed by atoms with Crippen LogP contribution in [0.2, 0.25) is 0 Å². The van der Waals surface area contributed by atoms with Crippen LogP contribution in [0.15, 0.2) is 18.2 Å². The largest absolute Gasteiger partial charge is 0.379 e. The third-order valence-electron chi connectivity index (χ3n) is 3.55. The normalized spacial score (nSPS) is 14.2. The molecule has 106 valence electrons. The lowest BCUT2D eigenvalue weighted by molar-refractivity contribution is 0.0770. The third-order valence-corrected chi connectivity index (χ3v) is 3.55. The fourth-order valence-corrected chi connectivity index (χ4v) is 2.48. The first-order valence-electron chi connectivity index (χ1n) is 7.32. The zero-order valence-corrected chi connectivity index (χ0v) is 12.4. The van der Waals surface area contributed by atoms with Crippen molar-refractivity contribution in [3.63, 3.8) is 0 Å². The Morgan fingerprint density at radius 3 is 3.00 bits per heavy atom. The van der Waals surface area contributed by atoms with Crippen LogP contribution in [0.1, 0.15) is 31.4 Å². The summed E-state index contributed by atoms with van der Waals surface area (Å²) in [5, 5.41) is 3.48. The van der Waals surface area contributed by atoms with E-state index in [1.54, 1.807) is 0 Å². The summed E-state index contributed by atoms with van der Waals surface area (Å²) in [6.07, 6.45) is 2.60. The van der Waals surface area contributed by atoms with Crippen LogP contribution >= 0.6 is 0 Å². The van der Waals surface area contributed by atoms with E-state index >= 15 is 0 Å². The Morgan fingerprint density at radius 1 is 1.37 bits per heavy atom. The first kappa shape index (κ1) is 14.4. The van der Waals surface area contributed by atoms with Gasteiger partial charge < -0.3 is 15.0 Å². The molecule has 2 rings (SSSR count). The maximum Gasteiger partial charge on any atom is 0.0518 e.